The van der Waals surface area contributed by atoms with Crippen LogP contribution in [0.3, 0.4) is 0 Å². The zero-order valence-electron chi connectivity index (χ0n) is 44.1. The maximum absolute atomic E-state index is 10.7. The van der Waals surface area contributed by atoms with Crippen molar-refractivity contribution in [2.24, 2.45) is 0 Å². The molecule has 24 heteroatoms. The fraction of sp³-hybridized carbons (Fsp3) is 0.423. The van der Waals surface area contributed by atoms with Crippen molar-refractivity contribution in [1.29, 1.82) is 0 Å². The van der Waals surface area contributed by atoms with E-state index in [1.165, 1.54) is 115 Å². The average Bonchev–Trinajstić information content (AvgIpc) is 4.10. The van der Waals surface area contributed by atoms with Crippen LogP contribution < -0.4 is 18.6 Å². The van der Waals surface area contributed by atoms with Crippen LogP contribution in [0.4, 0.5) is 26.3 Å². The predicted octanol–water partition coefficient (Wildman–Crippen LogP) is 8.49. The number of aryl methyl sites for hydroxylation is 12. The number of hydrogen-bond acceptors (Lipinski definition) is 8. The second-order valence-corrected chi connectivity index (χ2v) is 22.3. The third kappa shape index (κ3) is 20.4. The van der Waals surface area contributed by atoms with Gasteiger partial charge in [0.25, 0.3) is 0 Å². The largest absolute Gasteiger partial charge is 1.00 e. The summed E-state index contributed by atoms with van der Waals surface area (Å²) in [4.78, 5) is 0. The molecule has 2 saturated heterocycles. The van der Waals surface area contributed by atoms with Crippen LogP contribution in [0.1, 0.15) is 92.4 Å². The minimum Gasteiger partial charge on any atom is -0.741 e. The maximum atomic E-state index is 10.7. The Bertz CT molecular complexity index is 2660. The van der Waals surface area contributed by atoms with Gasteiger partial charge < -0.3 is 18.6 Å². The molecule has 0 unspecified atom stereocenters. The van der Waals surface area contributed by atoms with E-state index in [-0.39, 0.29) is 44.8 Å². The number of ether oxygens (including phenoxy) is 2. The van der Waals surface area contributed by atoms with Crippen LogP contribution in [-0.2, 0) is 74.5 Å². The van der Waals surface area contributed by atoms with Gasteiger partial charge in [-0.15, -0.1) is 0 Å². The predicted molar refractivity (Wildman–Crippen MR) is 274 cm³/mol. The molecule has 0 atom stereocenters. The number of hydrogen-bond donors (Lipinski definition) is 0. The van der Waals surface area contributed by atoms with E-state index in [4.69, 9.17) is 35.4 Å². The van der Waals surface area contributed by atoms with Crippen molar-refractivity contribution in [3.63, 3.8) is 0 Å². The zero-order valence-corrected chi connectivity index (χ0v) is 52.2. The number of halogens is 6. The fourth-order valence-electron chi connectivity index (χ4n) is 8.66. The summed E-state index contributed by atoms with van der Waals surface area (Å²) >= 11 is 6.56. The number of aromatic nitrogens is 4. The second kappa shape index (κ2) is 30.7. The van der Waals surface area contributed by atoms with Crippen molar-refractivity contribution in [2.45, 2.75) is 120 Å². The average molecular weight is 1420 g/mol. The van der Waals surface area contributed by atoms with Crippen molar-refractivity contribution in [3.05, 3.63) is 140 Å². The summed E-state index contributed by atoms with van der Waals surface area (Å²) in [6.07, 6.45) is 13.7. The first-order chi connectivity index (χ1) is 34.1. The van der Waals surface area contributed by atoms with Gasteiger partial charge in [0, 0.05) is 26.4 Å². The zero-order chi connectivity index (χ0) is 56.3. The Balaban J connectivity index is 0.000000512. The Labute approximate surface area is 491 Å². The summed E-state index contributed by atoms with van der Waals surface area (Å²) < 4.78 is 139. The van der Waals surface area contributed by atoms with Gasteiger partial charge in [0.15, 0.2) is 20.2 Å². The molecule has 428 valence electrons. The number of benzene rings is 4. The molecule has 2 fully saturated rings. The molecule has 2 aromatic heterocycles. The van der Waals surface area contributed by atoms with Gasteiger partial charge in [0.05, 0.1) is 0 Å². The molecule has 76 heavy (non-hydrogen) atoms. The standard InChI is InChI=1S/2C21H24N2Se.2C4H8O.2CHF3O3S.2Ag/c2*1-13-9-15(3)19(16(4)10-13)22-7-8-23(21(22)24)20-17(5)11-14(2)12-18(20)6;2*1-2-4-5-3-1;2*2-1(3,4)8(5,6)7;;/h2*7-12H,1-6H3;2*1-4H2;2*(H,5,6,7);;/q;;;;;;2*+1/p-2. The van der Waals surface area contributed by atoms with E-state index in [0.29, 0.717) is 0 Å². The van der Waals surface area contributed by atoms with Gasteiger partial charge in [0.2, 0.25) is 0 Å². The van der Waals surface area contributed by atoms with Gasteiger partial charge >= 0.3 is 361 Å². The van der Waals surface area contributed by atoms with Crippen molar-refractivity contribution < 1.29 is 116 Å². The van der Waals surface area contributed by atoms with Crippen LogP contribution in [0.2, 0.25) is 0 Å². The molecule has 8 rings (SSSR count). The second-order valence-electron chi connectivity index (χ2n) is 18.1. The van der Waals surface area contributed by atoms with E-state index in [1.54, 1.807) is 0 Å². The number of rotatable bonds is 4. The Hall–Kier alpha value is -2.86. The Kier molecular flexibility index (Phi) is 28.7. The SMILES string of the molecule is C1CCOC1.C1CCOC1.Cc1cc(C)c(-n2cc[n+](-c3c(C)cc(C)cc3C)c2[Se-])c(C)c1.Cc1cc(C)c(-n2cc[n+](-c3c(C)cc(C)cc3C)c2[Se-])c(C)c1.O=S(=O)([O-])C(F)(F)F.O=S(=O)([O-])C(F)(F)F.[Ag+].[Ag+]. The first-order valence-electron chi connectivity index (χ1n) is 23.2. The molecule has 0 radical (unpaired) electrons. The summed E-state index contributed by atoms with van der Waals surface area (Å²) in [6.45, 7) is 30.1. The summed E-state index contributed by atoms with van der Waals surface area (Å²) in [7, 11) is -12.2. The van der Waals surface area contributed by atoms with Gasteiger partial charge in [0.1, 0.15) is 0 Å². The van der Waals surface area contributed by atoms with Gasteiger partial charge in [-0.05, 0) is 25.7 Å². The molecular formula is C52H64Ag2F6N4O8S2Se2. The monoisotopic (exact) mass is 1420 g/mol. The molecule has 4 heterocycles. The van der Waals surface area contributed by atoms with E-state index in [9.17, 15) is 26.3 Å². The maximum Gasteiger partial charge on any atom is 1.00 e. The summed E-state index contributed by atoms with van der Waals surface area (Å²) in [5, 5.41) is 0. The molecule has 0 aliphatic carbocycles. The smallest absolute Gasteiger partial charge is 0.741 e. The van der Waals surface area contributed by atoms with Crippen LogP contribution >= 0.6 is 0 Å². The fourth-order valence-corrected chi connectivity index (χ4v) is 9.94. The molecule has 0 bridgehead atoms. The molecule has 12 nitrogen and oxygen atoms in total. The van der Waals surface area contributed by atoms with E-state index in [0.717, 1.165) is 35.9 Å². The minimum atomic E-state index is -6.09. The molecule has 0 spiro atoms. The van der Waals surface area contributed by atoms with Crippen molar-refractivity contribution >= 4 is 61.7 Å². The molecule has 6 aromatic rings. The topological polar surface area (TPSA) is 150 Å². The first-order valence-corrected chi connectivity index (χ1v) is 27.7. The number of nitrogens with zero attached hydrogens (tertiary/aromatic N) is 4. The Morgan fingerprint density at radius 3 is 0.816 bits per heavy atom. The summed E-state index contributed by atoms with van der Waals surface area (Å²) in [6, 6.07) is 18.0. The Morgan fingerprint density at radius 2 is 0.645 bits per heavy atom. The van der Waals surface area contributed by atoms with Gasteiger partial charge in [-0.1, -0.05) is 0 Å². The number of imidazole rings is 2. The molecule has 0 amide bonds. The van der Waals surface area contributed by atoms with E-state index in [1.807, 2.05) is 0 Å². The molecule has 4 aromatic carbocycles. The summed E-state index contributed by atoms with van der Waals surface area (Å²) in [5.74, 6) is 0. The Morgan fingerprint density at radius 1 is 0.447 bits per heavy atom. The van der Waals surface area contributed by atoms with Crippen molar-refractivity contribution in [2.75, 3.05) is 26.4 Å². The molecule has 0 N–H and O–H groups in total. The third-order valence-corrected chi connectivity index (χ3v) is 14.1. The quantitative estimate of drug-likeness (QED) is 0.0561. The van der Waals surface area contributed by atoms with Crippen molar-refractivity contribution in [3.8, 4) is 22.7 Å². The molecular weight excluding hydrogens is 1360 g/mol. The van der Waals surface area contributed by atoms with Gasteiger partial charge in [-0.3, -0.25) is 0 Å². The summed E-state index contributed by atoms with van der Waals surface area (Å²) in [5.41, 5.74) is 9.34. The van der Waals surface area contributed by atoms with Gasteiger partial charge in [-0.2, -0.15) is 26.3 Å². The molecule has 2 aliphatic rings. The van der Waals surface area contributed by atoms with Crippen molar-refractivity contribution in [1.82, 2.24) is 9.13 Å². The van der Waals surface area contributed by atoms with E-state index >= 15 is 0 Å². The number of alkyl halides is 6. The third-order valence-electron chi connectivity index (χ3n) is 11.3. The van der Waals surface area contributed by atoms with E-state index in [2.05, 4.69) is 207 Å². The first kappa shape index (κ1) is 71.2. The van der Waals surface area contributed by atoms with Crippen LogP contribution in [-0.4, -0.2) is 105 Å². The van der Waals surface area contributed by atoms with Gasteiger partial charge in [-0.25, -0.2) is 16.8 Å². The van der Waals surface area contributed by atoms with Crippen LogP contribution in [0.15, 0.2) is 73.3 Å². The molecule has 0 saturated carbocycles. The normalized spacial score (nSPS) is 13.1. The van der Waals surface area contributed by atoms with Crippen LogP contribution in [0.5, 0.6) is 0 Å². The minimum absolute atomic E-state index is 0. The van der Waals surface area contributed by atoms with E-state index < -0.39 is 31.3 Å². The van der Waals surface area contributed by atoms with Crippen LogP contribution in [0, 0.1) is 83.1 Å². The van der Waals surface area contributed by atoms with Crippen LogP contribution in [0.25, 0.3) is 22.7 Å². The molecule has 2 aliphatic heterocycles.